The molecule has 0 aromatic carbocycles. The highest BCUT2D eigenvalue weighted by molar-refractivity contribution is 5.76. The number of aliphatic hydroxyl groups excluding tert-OH is 1. The van der Waals surface area contributed by atoms with Gasteiger partial charge in [0.05, 0.1) is 6.10 Å². The summed E-state index contributed by atoms with van der Waals surface area (Å²) in [5.41, 5.74) is -1.97. The van der Waals surface area contributed by atoms with Gasteiger partial charge in [0.1, 0.15) is 5.41 Å². The number of hydrogen-bond donors (Lipinski definition) is 2. The summed E-state index contributed by atoms with van der Waals surface area (Å²) in [5, 5.41) is 17.1. The Morgan fingerprint density at radius 1 is 1.55 bits per heavy atom. The van der Waals surface area contributed by atoms with E-state index in [1.807, 2.05) is 0 Å². The molecule has 5 heteroatoms. The van der Waals surface area contributed by atoms with Crippen LogP contribution in [0.4, 0.5) is 8.78 Å². The van der Waals surface area contributed by atoms with Crippen LogP contribution in [0.3, 0.4) is 0 Å². The van der Waals surface area contributed by atoms with E-state index in [1.165, 1.54) is 0 Å². The van der Waals surface area contributed by atoms with Gasteiger partial charge in [-0.3, -0.25) is 4.79 Å². The molecule has 0 saturated heterocycles. The molecule has 64 valence electrons. The largest absolute Gasteiger partial charge is 0.481 e. The molecule has 0 aromatic rings. The number of halogens is 2. The summed E-state index contributed by atoms with van der Waals surface area (Å²) >= 11 is 0. The van der Waals surface area contributed by atoms with Crippen LogP contribution in [-0.2, 0) is 4.79 Å². The van der Waals surface area contributed by atoms with E-state index in [2.05, 4.69) is 0 Å². The molecule has 1 saturated carbocycles. The predicted molar refractivity (Wildman–Crippen MR) is 31.3 cm³/mol. The van der Waals surface area contributed by atoms with Crippen molar-refractivity contribution in [3.8, 4) is 0 Å². The summed E-state index contributed by atoms with van der Waals surface area (Å²) < 4.78 is 24.1. The number of carboxylic acids is 1. The van der Waals surface area contributed by atoms with Crippen molar-refractivity contribution >= 4 is 5.97 Å². The summed E-state index contributed by atoms with van der Waals surface area (Å²) in [5.74, 6) is -1.52. The average Bonchev–Trinajstić information content (AvgIpc) is 1.78. The molecule has 1 fully saturated rings. The first kappa shape index (κ1) is 8.39. The van der Waals surface area contributed by atoms with Gasteiger partial charge in [0, 0.05) is 0 Å². The fraction of sp³-hybridized carbons (Fsp3) is 0.833. The molecule has 0 spiro atoms. The number of rotatable bonds is 2. The molecule has 1 rings (SSSR count). The fourth-order valence-corrected chi connectivity index (χ4v) is 1.23. The van der Waals surface area contributed by atoms with Crippen molar-refractivity contribution in [2.45, 2.75) is 25.4 Å². The van der Waals surface area contributed by atoms with Gasteiger partial charge in [-0.15, -0.1) is 0 Å². The third-order valence-corrected chi connectivity index (χ3v) is 2.04. The maximum atomic E-state index is 12.1. The molecular weight excluding hydrogens is 158 g/mol. The quantitative estimate of drug-likeness (QED) is 0.627. The van der Waals surface area contributed by atoms with Gasteiger partial charge in [-0.1, -0.05) is 0 Å². The van der Waals surface area contributed by atoms with Crippen LogP contribution in [-0.4, -0.2) is 28.7 Å². The molecule has 0 aliphatic heterocycles. The normalized spacial score (nSPS) is 36.9. The van der Waals surface area contributed by atoms with E-state index < -0.39 is 23.9 Å². The molecule has 3 nitrogen and oxygen atoms in total. The summed E-state index contributed by atoms with van der Waals surface area (Å²) in [6, 6.07) is 0. The lowest BCUT2D eigenvalue weighted by Crippen LogP contribution is -2.51. The van der Waals surface area contributed by atoms with Crippen LogP contribution >= 0.6 is 0 Å². The van der Waals surface area contributed by atoms with E-state index in [-0.39, 0.29) is 12.8 Å². The molecule has 1 aliphatic carbocycles. The molecular formula is C6H8F2O3. The molecule has 11 heavy (non-hydrogen) atoms. The van der Waals surface area contributed by atoms with Crippen LogP contribution in [0.15, 0.2) is 0 Å². The molecule has 0 atom stereocenters. The van der Waals surface area contributed by atoms with Crippen LogP contribution < -0.4 is 0 Å². The molecule has 0 radical (unpaired) electrons. The van der Waals surface area contributed by atoms with Crippen LogP contribution in [0.5, 0.6) is 0 Å². The third-order valence-electron chi connectivity index (χ3n) is 2.04. The van der Waals surface area contributed by atoms with Crippen LogP contribution in [0.25, 0.3) is 0 Å². The summed E-state index contributed by atoms with van der Waals surface area (Å²) in [4.78, 5) is 10.3. The predicted octanol–water partition coefficient (Wildman–Crippen LogP) is 0.477. The Bertz CT molecular complexity index is 175. The Hall–Kier alpha value is -0.710. The molecule has 1 aliphatic rings. The highest BCUT2D eigenvalue weighted by atomic mass is 19.3. The van der Waals surface area contributed by atoms with Gasteiger partial charge in [0.15, 0.2) is 0 Å². The lowest BCUT2D eigenvalue weighted by atomic mass is 9.67. The van der Waals surface area contributed by atoms with E-state index in [4.69, 9.17) is 10.2 Å². The lowest BCUT2D eigenvalue weighted by molar-refractivity contribution is -0.183. The average molecular weight is 166 g/mol. The van der Waals surface area contributed by atoms with Crippen molar-refractivity contribution in [3.63, 3.8) is 0 Å². The van der Waals surface area contributed by atoms with E-state index in [0.717, 1.165) is 0 Å². The van der Waals surface area contributed by atoms with Crippen molar-refractivity contribution in [2.24, 2.45) is 5.41 Å². The molecule has 0 heterocycles. The highest BCUT2D eigenvalue weighted by Crippen LogP contribution is 2.46. The van der Waals surface area contributed by atoms with Gasteiger partial charge in [-0.2, -0.15) is 0 Å². The molecule has 0 aromatic heterocycles. The standard InChI is InChI=1S/C6H8F2O3/c7-4(8)6(5(10)11)1-3(9)2-6/h3-4,9H,1-2H2,(H,10,11). The molecule has 0 bridgehead atoms. The van der Waals surface area contributed by atoms with Crippen molar-refractivity contribution in [1.29, 1.82) is 0 Å². The first-order valence-electron chi connectivity index (χ1n) is 3.18. The zero-order valence-corrected chi connectivity index (χ0v) is 5.63. The van der Waals surface area contributed by atoms with Gasteiger partial charge in [-0.05, 0) is 12.8 Å². The Kier molecular flexibility index (Phi) is 1.83. The Morgan fingerprint density at radius 3 is 2.09 bits per heavy atom. The SMILES string of the molecule is O=C(O)C1(C(F)F)CC(O)C1. The van der Waals surface area contributed by atoms with Gasteiger partial charge in [0.2, 0.25) is 0 Å². The van der Waals surface area contributed by atoms with Gasteiger partial charge >= 0.3 is 5.97 Å². The number of carboxylic acid groups (broad SMARTS) is 1. The zero-order chi connectivity index (χ0) is 8.65. The number of alkyl halides is 2. The second kappa shape index (κ2) is 2.41. The zero-order valence-electron chi connectivity index (χ0n) is 5.63. The minimum absolute atomic E-state index is 0.333. The van der Waals surface area contributed by atoms with Crippen LogP contribution in [0.2, 0.25) is 0 Å². The number of hydrogen-bond acceptors (Lipinski definition) is 2. The fourth-order valence-electron chi connectivity index (χ4n) is 1.23. The van der Waals surface area contributed by atoms with Gasteiger partial charge in [0.25, 0.3) is 6.43 Å². The molecule has 2 N–H and O–H groups in total. The Morgan fingerprint density at radius 2 is 2.00 bits per heavy atom. The second-order valence-corrected chi connectivity index (χ2v) is 2.82. The van der Waals surface area contributed by atoms with Gasteiger partial charge in [-0.25, -0.2) is 8.78 Å². The van der Waals surface area contributed by atoms with Gasteiger partial charge < -0.3 is 10.2 Å². The van der Waals surface area contributed by atoms with E-state index >= 15 is 0 Å². The minimum Gasteiger partial charge on any atom is -0.481 e. The van der Waals surface area contributed by atoms with Crippen molar-refractivity contribution in [1.82, 2.24) is 0 Å². The summed E-state index contributed by atoms with van der Waals surface area (Å²) in [6.07, 6.45) is -4.43. The van der Waals surface area contributed by atoms with E-state index in [1.54, 1.807) is 0 Å². The minimum atomic E-state index is -2.89. The Balaban J connectivity index is 2.69. The molecule has 0 unspecified atom stereocenters. The lowest BCUT2D eigenvalue weighted by Gasteiger charge is -2.40. The topological polar surface area (TPSA) is 57.5 Å². The number of carbonyl (C=O) groups is 1. The Labute approximate surface area is 61.6 Å². The number of aliphatic hydroxyl groups is 1. The highest BCUT2D eigenvalue weighted by Gasteiger charge is 2.56. The van der Waals surface area contributed by atoms with Crippen molar-refractivity contribution in [2.75, 3.05) is 0 Å². The van der Waals surface area contributed by atoms with Crippen molar-refractivity contribution in [3.05, 3.63) is 0 Å². The van der Waals surface area contributed by atoms with Crippen LogP contribution in [0, 0.1) is 5.41 Å². The first-order chi connectivity index (χ1) is 4.99. The summed E-state index contributed by atoms with van der Waals surface area (Å²) in [6.45, 7) is 0. The number of aliphatic carboxylic acids is 1. The van der Waals surface area contributed by atoms with Crippen molar-refractivity contribution < 1.29 is 23.8 Å². The monoisotopic (exact) mass is 166 g/mol. The maximum Gasteiger partial charge on any atom is 0.315 e. The van der Waals surface area contributed by atoms with Crippen LogP contribution in [0.1, 0.15) is 12.8 Å². The summed E-state index contributed by atoms with van der Waals surface area (Å²) in [7, 11) is 0. The third kappa shape index (κ3) is 1.09. The second-order valence-electron chi connectivity index (χ2n) is 2.82. The molecule has 0 amide bonds. The first-order valence-corrected chi connectivity index (χ1v) is 3.18. The van der Waals surface area contributed by atoms with E-state index in [0.29, 0.717) is 0 Å². The smallest absolute Gasteiger partial charge is 0.315 e. The van der Waals surface area contributed by atoms with E-state index in [9.17, 15) is 13.6 Å². The maximum absolute atomic E-state index is 12.1.